The lowest BCUT2D eigenvalue weighted by Crippen LogP contribution is -2.38. The Morgan fingerprint density at radius 1 is 1.00 bits per heavy atom. The van der Waals surface area contributed by atoms with Gasteiger partial charge in [0.2, 0.25) is 0 Å². The molecule has 192 valence electrons. The van der Waals surface area contributed by atoms with E-state index >= 15 is 0 Å². The molecule has 1 heterocycles. The molecule has 0 saturated heterocycles. The summed E-state index contributed by atoms with van der Waals surface area (Å²) in [6.07, 6.45) is 5.19. The minimum atomic E-state index is -0.753. The third-order valence-corrected chi connectivity index (χ3v) is 7.29. The number of carbonyl (C=O) groups is 2. The van der Waals surface area contributed by atoms with Crippen LogP contribution in [0.4, 0.5) is 0 Å². The van der Waals surface area contributed by atoms with Crippen LogP contribution in [0.25, 0.3) is 22.0 Å². The molecule has 4 aromatic rings. The fourth-order valence-corrected chi connectivity index (χ4v) is 5.37. The number of aliphatic carboxylic acids is 1. The number of nitrogens with zero attached hydrogens (tertiary/aromatic N) is 2. The fourth-order valence-electron chi connectivity index (χ4n) is 5.37. The van der Waals surface area contributed by atoms with E-state index in [-0.39, 0.29) is 24.3 Å². The maximum atomic E-state index is 13.6. The number of hydrogen-bond donors (Lipinski definition) is 2. The zero-order chi connectivity index (χ0) is 26.5. The largest absolute Gasteiger partial charge is 0.481 e. The Bertz CT molecular complexity index is 1500. The standard InChI is InChI=1S/C32H31N3O3/c1-2-6-24-17-27-20-33-35(21-23-9-13-26(14-10-23)25-7-4-3-5-8-25)31(27)29(18-24)32(38)34-28-15-11-22(12-16-28)19-30(36)37/h3-5,7-10,13-14,17-18,20,22,28H,11-12,15-16,19,21H2,1H3,(H,34,38)(H,36,37). The summed E-state index contributed by atoms with van der Waals surface area (Å²) in [5.74, 6) is 5.30. The second-order valence-corrected chi connectivity index (χ2v) is 9.99. The van der Waals surface area contributed by atoms with E-state index in [9.17, 15) is 9.59 Å². The van der Waals surface area contributed by atoms with Crippen molar-refractivity contribution in [2.24, 2.45) is 5.92 Å². The smallest absolute Gasteiger partial charge is 0.303 e. The van der Waals surface area contributed by atoms with Crippen molar-refractivity contribution in [2.45, 2.75) is 51.6 Å². The molecule has 0 aliphatic heterocycles. The number of aromatic nitrogens is 2. The van der Waals surface area contributed by atoms with Crippen molar-refractivity contribution in [3.05, 3.63) is 89.6 Å². The summed E-state index contributed by atoms with van der Waals surface area (Å²) >= 11 is 0. The summed E-state index contributed by atoms with van der Waals surface area (Å²) in [6.45, 7) is 2.32. The van der Waals surface area contributed by atoms with Gasteiger partial charge in [-0.15, -0.1) is 5.92 Å². The fraction of sp³-hybridized carbons (Fsp3) is 0.281. The van der Waals surface area contributed by atoms with Crippen LogP contribution in [0, 0.1) is 17.8 Å². The number of amides is 1. The van der Waals surface area contributed by atoms with Crippen LogP contribution in [0.3, 0.4) is 0 Å². The maximum Gasteiger partial charge on any atom is 0.303 e. The van der Waals surface area contributed by atoms with Crippen LogP contribution in [0.1, 0.15) is 60.5 Å². The third-order valence-electron chi connectivity index (χ3n) is 7.29. The molecule has 1 saturated carbocycles. The van der Waals surface area contributed by atoms with Gasteiger partial charge in [-0.1, -0.05) is 60.5 Å². The average molecular weight is 506 g/mol. The average Bonchev–Trinajstić information content (AvgIpc) is 3.32. The minimum Gasteiger partial charge on any atom is -0.481 e. The van der Waals surface area contributed by atoms with E-state index in [2.05, 4.69) is 58.7 Å². The van der Waals surface area contributed by atoms with E-state index in [4.69, 9.17) is 5.11 Å². The van der Waals surface area contributed by atoms with Gasteiger partial charge in [-0.05, 0) is 67.3 Å². The van der Waals surface area contributed by atoms with Crippen LogP contribution in [0.5, 0.6) is 0 Å². The van der Waals surface area contributed by atoms with Gasteiger partial charge in [0.15, 0.2) is 0 Å². The molecule has 2 N–H and O–H groups in total. The molecule has 5 rings (SSSR count). The van der Waals surface area contributed by atoms with E-state index in [1.807, 2.05) is 35.0 Å². The highest BCUT2D eigenvalue weighted by Crippen LogP contribution is 2.28. The van der Waals surface area contributed by atoms with E-state index < -0.39 is 5.97 Å². The lowest BCUT2D eigenvalue weighted by Gasteiger charge is -2.28. The minimum absolute atomic E-state index is 0.0328. The predicted octanol–water partition coefficient (Wildman–Crippen LogP) is 5.89. The monoisotopic (exact) mass is 505 g/mol. The lowest BCUT2D eigenvalue weighted by molar-refractivity contribution is -0.138. The van der Waals surface area contributed by atoms with Crippen molar-refractivity contribution in [2.75, 3.05) is 0 Å². The van der Waals surface area contributed by atoms with Crippen molar-refractivity contribution in [3.63, 3.8) is 0 Å². The van der Waals surface area contributed by atoms with Gasteiger partial charge in [0.1, 0.15) is 0 Å². The topological polar surface area (TPSA) is 84.2 Å². The lowest BCUT2D eigenvalue weighted by atomic mass is 9.84. The van der Waals surface area contributed by atoms with Crippen molar-refractivity contribution in [3.8, 4) is 23.0 Å². The third kappa shape index (κ3) is 5.78. The molecular formula is C32H31N3O3. The van der Waals surface area contributed by atoms with E-state index in [1.54, 1.807) is 13.1 Å². The van der Waals surface area contributed by atoms with Crippen LogP contribution in [0.2, 0.25) is 0 Å². The molecule has 0 atom stereocenters. The van der Waals surface area contributed by atoms with E-state index in [0.717, 1.165) is 53.3 Å². The zero-order valence-corrected chi connectivity index (χ0v) is 21.5. The molecule has 1 amide bonds. The molecular weight excluding hydrogens is 474 g/mol. The second kappa shape index (κ2) is 11.4. The summed E-state index contributed by atoms with van der Waals surface area (Å²) in [5.41, 5.74) is 5.55. The van der Waals surface area contributed by atoms with Crippen LogP contribution < -0.4 is 5.32 Å². The van der Waals surface area contributed by atoms with Crippen molar-refractivity contribution < 1.29 is 14.7 Å². The zero-order valence-electron chi connectivity index (χ0n) is 21.5. The molecule has 6 nitrogen and oxygen atoms in total. The Morgan fingerprint density at radius 2 is 1.71 bits per heavy atom. The highest BCUT2D eigenvalue weighted by Gasteiger charge is 2.25. The second-order valence-electron chi connectivity index (χ2n) is 9.99. The molecule has 1 fully saturated rings. The van der Waals surface area contributed by atoms with Crippen LogP contribution in [-0.2, 0) is 11.3 Å². The molecule has 0 unspecified atom stereocenters. The van der Waals surface area contributed by atoms with Crippen molar-refractivity contribution >= 4 is 22.8 Å². The van der Waals surface area contributed by atoms with E-state index in [1.165, 1.54) is 5.56 Å². The first-order valence-corrected chi connectivity index (χ1v) is 13.1. The number of fused-ring (bicyclic) bond motifs is 1. The Morgan fingerprint density at radius 3 is 2.39 bits per heavy atom. The number of carboxylic acid groups (broad SMARTS) is 1. The Balaban J connectivity index is 1.38. The van der Waals surface area contributed by atoms with Crippen LogP contribution >= 0.6 is 0 Å². The predicted molar refractivity (Wildman–Crippen MR) is 149 cm³/mol. The van der Waals surface area contributed by atoms with E-state index in [0.29, 0.717) is 12.1 Å². The first-order valence-electron chi connectivity index (χ1n) is 13.1. The summed E-state index contributed by atoms with van der Waals surface area (Å²) in [4.78, 5) is 24.6. The van der Waals surface area contributed by atoms with Gasteiger partial charge in [0.25, 0.3) is 5.91 Å². The number of nitrogens with one attached hydrogen (secondary N) is 1. The van der Waals surface area contributed by atoms with Gasteiger partial charge in [0, 0.05) is 23.4 Å². The SMILES string of the molecule is CC#Cc1cc(C(=O)NC2CCC(CC(=O)O)CC2)c2c(cnn2Cc2ccc(-c3ccccc3)cc2)c1. The number of benzene rings is 3. The molecule has 0 spiro atoms. The van der Waals surface area contributed by atoms with Gasteiger partial charge in [0.05, 0.1) is 23.8 Å². The first-order chi connectivity index (χ1) is 18.5. The number of hydrogen-bond acceptors (Lipinski definition) is 3. The number of carbonyl (C=O) groups excluding carboxylic acids is 1. The summed E-state index contributed by atoms with van der Waals surface area (Å²) in [5, 5.41) is 17.8. The highest BCUT2D eigenvalue weighted by molar-refractivity contribution is 6.06. The molecule has 1 aliphatic rings. The number of rotatable bonds is 7. The highest BCUT2D eigenvalue weighted by atomic mass is 16.4. The quantitative estimate of drug-likeness (QED) is 0.307. The molecule has 38 heavy (non-hydrogen) atoms. The van der Waals surface area contributed by atoms with Gasteiger partial charge in [-0.3, -0.25) is 14.3 Å². The first kappa shape index (κ1) is 25.3. The summed E-state index contributed by atoms with van der Waals surface area (Å²) in [7, 11) is 0. The molecule has 1 aliphatic carbocycles. The Labute approximate surface area is 222 Å². The molecule has 6 heteroatoms. The van der Waals surface area contributed by atoms with Crippen molar-refractivity contribution in [1.82, 2.24) is 15.1 Å². The summed E-state index contributed by atoms with van der Waals surface area (Å²) < 4.78 is 1.88. The van der Waals surface area contributed by atoms with Gasteiger partial charge < -0.3 is 10.4 Å². The maximum absolute atomic E-state index is 13.6. The van der Waals surface area contributed by atoms with Gasteiger partial charge >= 0.3 is 5.97 Å². The Kier molecular flexibility index (Phi) is 7.55. The number of carboxylic acids is 1. The molecule has 3 aromatic carbocycles. The molecule has 0 bridgehead atoms. The van der Waals surface area contributed by atoms with Crippen LogP contribution in [-0.4, -0.2) is 32.8 Å². The van der Waals surface area contributed by atoms with Crippen molar-refractivity contribution in [1.29, 1.82) is 0 Å². The Hall–Kier alpha value is -4.37. The summed E-state index contributed by atoms with van der Waals surface area (Å²) in [6, 6.07) is 22.5. The van der Waals surface area contributed by atoms with Gasteiger partial charge in [-0.25, -0.2) is 0 Å². The van der Waals surface area contributed by atoms with Gasteiger partial charge in [-0.2, -0.15) is 5.10 Å². The molecule has 1 aromatic heterocycles. The normalized spacial score (nSPS) is 17.0. The van der Waals surface area contributed by atoms with Crippen LogP contribution in [0.15, 0.2) is 72.9 Å². The molecule has 0 radical (unpaired) electrons.